The van der Waals surface area contributed by atoms with E-state index in [0.717, 1.165) is 37.1 Å². The van der Waals surface area contributed by atoms with Crippen molar-refractivity contribution in [3.8, 4) is 0 Å². The van der Waals surface area contributed by atoms with Gasteiger partial charge in [-0.2, -0.15) is 0 Å². The molecule has 0 unspecified atom stereocenters. The second-order valence-corrected chi connectivity index (χ2v) is 6.19. The molecule has 1 aromatic rings. The molecule has 130 valence electrons. The summed E-state index contributed by atoms with van der Waals surface area (Å²) in [5.41, 5.74) is 2.55. The SMILES string of the molecule is CCOC(=O)N1CCc2c(cncc2C(=O)NC2CCNCC2)C1. The number of carbonyl (C=O) groups excluding carboxylic acids is 2. The number of rotatable bonds is 3. The van der Waals surface area contributed by atoms with Crippen LogP contribution in [0.2, 0.25) is 0 Å². The van der Waals surface area contributed by atoms with E-state index in [9.17, 15) is 9.59 Å². The Hall–Kier alpha value is -2.15. The fraction of sp³-hybridized carbons (Fsp3) is 0.588. The van der Waals surface area contributed by atoms with Gasteiger partial charge in [0.15, 0.2) is 0 Å². The maximum absolute atomic E-state index is 12.6. The molecule has 2 N–H and O–H groups in total. The zero-order chi connectivity index (χ0) is 16.9. The number of hydrogen-bond acceptors (Lipinski definition) is 5. The number of nitrogens with zero attached hydrogens (tertiary/aromatic N) is 2. The molecule has 1 fully saturated rings. The highest BCUT2D eigenvalue weighted by Crippen LogP contribution is 2.22. The quantitative estimate of drug-likeness (QED) is 0.865. The first-order chi connectivity index (χ1) is 11.7. The molecular weight excluding hydrogens is 308 g/mol. The summed E-state index contributed by atoms with van der Waals surface area (Å²) in [6.45, 7) is 5.02. The summed E-state index contributed by atoms with van der Waals surface area (Å²) in [6, 6.07) is 0.217. The van der Waals surface area contributed by atoms with Crippen LogP contribution in [0.1, 0.15) is 41.3 Å². The van der Waals surface area contributed by atoms with Gasteiger partial charge in [-0.15, -0.1) is 0 Å². The van der Waals surface area contributed by atoms with Crippen molar-refractivity contribution >= 4 is 12.0 Å². The van der Waals surface area contributed by atoms with E-state index >= 15 is 0 Å². The third-order valence-electron chi connectivity index (χ3n) is 4.58. The number of piperidine rings is 1. The molecule has 0 aromatic carbocycles. The van der Waals surface area contributed by atoms with Crippen LogP contribution in [0.4, 0.5) is 4.79 Å². The van der Waals surface area contributed by atoms with Gasteiger partial charge in [-0.05, 0) is 50.4 Å². The molecule has 0 spiro atoms. The molecule has 7 nitrogen and oxygen atoms in total. The summed E-state index contributed by atoms with van der Waals surface area (Å²) in [6.07, 6.45) is 5.60. The van der Waals surface area contributed by atoms with Crippen LogP contribution in [0.5, 0.6) is 0 Å². The third kappa shape index (κ3) is 3.67. The highest BCUT2D eigenvalue weighted by atomic mass is 16.6. The predicted molar refractivity (Wildman–Crippen MR) is 88.7 cm³/mol. The summed E-state index contributed by atoms with van der Waals surface area (Å²) in [7, 11) is 0. The molecule has 0 bridgehead atoms. The Labute approximate surface area is 141 Å². The van der Waals surface area contributed by atoms with Gasteiger partial charge >= 0.3 is 6.09 Å². The van der Waals surface area contributed by atoms with Crippen LogP contribution in [0.15, 0.2) is 12.4 Å². The highest BCUT2D eigenvalue weighted by molar-refractivity contribution is 5.96. The molecule has 1 aromatic heterocycles. The van der Waals surface area contributed by atoms with Gasteiger partial charge in [0.2, 0.25) is 0 Å². The lowest BCUT2D eigenvalue weighted by Crippen LogP contribution is -2.43. The number of fused-ring (bicyclic) bond motifs is 1. The summed E-state index contributed by atoms with van der Waals surface area (Å²) in [4.78, 5) is 30.4. The molecule has 2 aliphatic rings. The lowest BCUT2D eigenvalue weighted by molar-refractivity contribution is 0.0926. The molecule has 3 heterocycles. The van der Waals surface area contributed by atoms with Gasteiger partial charge in [-0.3, -0.25) is 9.78 Å². The number of nitrogens with one attached hydrogen (secondary N) is 2. The van der Waals surface area contributed by atoms with Crippen molar-refractivity contribution < 1.29 is 14.3 Å². The summed E-state index contributed by atoms with van der Waals surface area (Å²) in [5.74, 6) is -0.0594. The second kappa shape index (κ2) is 7.61. The molecule has 7 heteroatoms. The van der Waals surface area contributed by atoms with Crippen molar-refractivity contribution in [2.75, 3.05) is 26.2 Å². The topological polar surface area (TPSA) is 83.6 Å². The van der Waals surface area contributed by atoms with E-state index in [4.69, 9.17) is 4.74 Å². The monoisotopic (exact) mass is 332 g/mol. The second-order valence-electron chi connectivity index (χ2n) is 6.19. The number of aromatic nitrogens is 1. The molecule has 2 amide bonds. The first-order valence-electron chi connectivity index (χ1n) is 8.58. The third-order valence-corrected chi connectivity index (χ3v) is 4.58. The van der Waals surface area contributed by atoms with Gasteiger partial charge in [0.25, 0.3) is 5.91 Å². The van der Waals surface area contributed by atoms with Gasteiger partial charge < -0.3 is 20.3 Å². The number of amides is 2. The Balaban J connectivity index is 1.71. The molecule has 0 atom stereocenters. The van der Waals surface area contributed by atoms with Crippen LogP contribution in [0, 0.1) is 0 Å². The first kappa shape index (κ1) is 16.7. The molecule has 24 heavy (non-hydrogen) atoms. The Morgan fingerprint density at radius 1 is 1.38 bits per heavy atom. The average Bonchev–Trinajstić information content (AvgIpc) is 2.61. The summed E-state index contributed by atoms with van der Waals surface area (Å²) < 4.78 is 5.06. The molecule has 2 aliphatic heterocycles. The number of hydrogen-bond donors (Lipinski definition) is 2. The largest absolute Gasteiger partial charge is 0.450 e. The minimum absolute atomic E-state index is 0.0594. The Morgan fingerprint density at radius 3 is 2.92 bits per heavy atom. The van der Waals surface area contributed by atoms with Gasteiger partial charge in [0.1, 0.15) is 0 Å². The van der Waals surface area contributed by atoms with Crippen molar-refractivity contribution in [2.24, 2.45) is 0 Å². The molecule has 1 saturated heterocycles. The molecule has 3 rings (SSSR count). The van der Waals surface area contributed by atoms with E-state index in [0.29, 0.717) is 31.7 Å². The van der Waals surface area contributed by atoms with E-state index in [1.807, 2.05) is 0 Å². The van der Waals surface area contributed by atoms with Crippen LogP contribution in [-0.4, -0.2) is 54.2 Å². The smallest absolute Gasteiger partial charge is 0.410 e. The average molecular weight is 332 g/mol. The standard InChI is InChI=1S/C17H24N4O3/c1-2-24-17(23)21-8-5-14-12(11-21)9-19-10-15(14)16(22)20-13-3-6-18-7-4-13/h9-10,13,18H,2-8,11H2,1H3,(H,20,22). The Morgan fingerprint density at radius 2 is 2.17 bits per heavy atom. The van der Waals surface area contributed by atoms with Gasteiger partial charge in [0, 0.05) is 25.0 Å². The lowest BCUT2D eigenvalue weighted by Gasteiger charge is -2.29. The minimum Gasteiger partial charge on any atom is -0.450 e. The van der Waals surface area contributed by atoms with Gasteiger partial charge in [-0.25, -0.2) is 4.79 Å². The van der Waals surface area contributed by atoms with Crippen molar-refractivity contribution in [1.29, 1.82) is 0 Å². The maximum Gasteiger partial charge on any atom is 0.410 e. The van der Waals surface area contributed by atoms with Crippen LogP contribution in [0.3, 0.4) is 0 Å². The number of pyridine rings is 1. The van der Waals surface area contributed by atoms with E-state index in [1.165, 1.54) is 0 Å². The number of ether oxygens (including phenoxy) is 1. The summed E-state index contributed by atoms with van der Waals surface area (Å²) >= 11 is 0. The predicted octanol–water partition coefficient (Wildman–Crippen LogP) is 1.08. The fourth-order valence-electron chi connectivity index (χ4n) is 3.29. The fourth-order valence-corrected chi connectivity index (χ4v) is 3.29. The molecule has 0 saturated carbocycles. The van der Waals surface area contributed by atoms with Crippen molar-refractivity contribution in [1.82, 2.24) is 20.5 Å². The van der Waals surface area contributed by atoms with Crippen molar-refractivity contribution in [3.05, 3.63) is 29.1 Å². The van der Waals surface area contributed by atoms with Crippen molar-refractivity contribution in [3.63, 3.8) is 0 Å². The van der Waals surface area contributed by atoms with E-state index < -0.39 is 0 Å². The Bertz CT molecular complexity index is 614. The molecule has 0 aliphatic carbocycles. The lowest BCUT2D eigenvalue weighted by atomic mass is 9.96. The van der Waals surface area contributed by atoms with E-state index in [1.54, 1.807) is 24.2 Å². The van der Waals surface area contributed by atoms with Gasteiger partial charge in [-0.1, -0.05) is 0 Å². The minimum atomic E-state index is -0.312. The maximum atomic E-state index is 12.6. The number of carbonyl (C=O) groups is 2. The van der Waals surface area contributed by atoms with E-state index in [-0.39, 0.29) is 18.0 Å². The normalized spacial score (nSPS) is 18.0. The van der Waals surface area contributed by atoms with Crippen LogP contribution in [-0.2, 0) is 17.7 Å². The summed E-state index contributed by atoms with van der Waals surface area (Å²) in [5, 5.41) is 6.41. The van der Waals surface area contributed by atoms with Crippen LogP contribution >= 0.6 is 0 Å². The van der Waals surface area contributed by atoms with Crippen LogP contribution < -0.4 is 10.6 Å². The van der Waals surface area contributed by atoms with Crippen LogP contribution in [0.25, 0.3) is 0 Å². The van der Waals surface area contributed by atoms with Crippen molar-refractivity contribution in [2.45, 2.75) is 38.8 Å². The van der Waals surface area contributed by atoms with Gasteiger partial charge in [0.05, 0.1) is 18.7 Å². The highest BCUT2D eigenvalue weighted by Gasteiger charge is 2.26. The molecular formula is C17H24N4O3. The molecule has 0 radical (unpaired) electrons. The first-order valence-corrected chi connectivity index (χ1v) is 8.58. The zero-order valence-corrected chi connectivity index (χ0v) is 14.0. The Kier molecular flexibility index (Phi) is 5.30. The van der Waals surface area contributed by atoms with E-state index in [2.05, 4.69) is 15.6 Å². The zero-order valence-electron chi connectivity index (χ0n) is 14.0.